The Hall–Kier alpha value is -2.44. The van der Waals surface area contributed by atoms with Gasteiger partial charge in [0.25, 0.3) is 5.91 Å². The Morgan fingerprint density at radius 3 is 2.19 bits per heavy atom. The monoisotopic (exact) mass is 386 g/mol. The van der Waals surface area contributed by atoms with E-state index < -0.39 is 0 Å². The van der Waals surface area contributed by atoms with Crippen LogP contribution in [0.1, 0.15) is 36.7 Å². The van der Waals surface area contributed by atoms with E-state index in [2.05, 4.69) is 31.4 Å². The number of rotatable bonds is 6. The average molecular weight is 387 g/mol. The molecule has 0 aliphatic carbocycles. The Morgan fingerprint density at radius 1 is 1.00 bits per heavy atom. The van der Waals surface area contributed by atoms with Crippen molar-refractivity contribution in [2.75, 3.05) is 25.6 Å². The van der Waals surface area contributed by atoms with E-state index in [1.54, 1.807) is 7.11 Å². The summed E-state index contributed by atoms with van der Waals surface area (Å²) in [6.45, 7) is 7.43. The minimum atomic E-state index is -0.243. The van der Waals surface area contributed by atoms with E-state index >= 15 is 0 Å². The van der Waals surface area contributed by atoms with E-state index in [9.17, 15) is 4.79 Å². The Labute approximate surface area is 166 Å². The zero-order valence-electron chi connectivity index (χ0n) is 16.2. The van der Waals surface area contributed by atoms with E-state index in [0.29, 0.717) is 18.8 Å². The molecule has 0 atom stereocenters. The number of anilines is 1. The highest BCUT2D eigenvalue weighted by Gasteiger charge is 2.14. The molecule has 0 heterocycles. The minimum Gasteiger partial charge on any atom is -0.491 e. The quantitative estimate of drug-likeness (QED) is 0.577. The second-order valence-corrected chi connectivity index (χ2v) is 7.51. The van der Waals surface area contributed by atoms with Crippen molar-refractivity contribution in [3.63, 3.8) is 0 Å². The van der Waals surface area contributed by atoms with Gasteiger partial charge in [-0.3, -0.25) is 10.1 Å². The number of thiocarbonyl (C=S) groups is 1. The van der Waals surface area contributed by atoms with Gasteiger partial charge in [0, 0.05) is 18.4 Å². The first kappa shape index (κ1) is 20.9. The van der Waals surface area contributed by atoms with Crippen molar-refractivity contribution < 1.29 is 14.3 Å². The fraction of sp³-hybridized carbons (Fsp3) is 0.333. The molecular formula is C21H26N2O3S. The second kappa shape index (κ2) is 9.48. The maximum atomic E-state index is 12.3. The molecule has 1 amide bonds. The third-order valence-corrected chi connectivity index (χ3v) is 4.11. The maximum Gasteiger partial charge on any atom is 0.257 e. The van der Waals surface area contributed by atoms with Crippen molar-refractivity contribution in [3.8, 4) is 5.75 Å². The number of amides is 1. The van der Waals surface area contributed by atoms with Gasteiger partial charge in [-0.15, -0.1) is 0 Å². The zero-order chi connectivity index (χ0) is 19.9. The topological polar surface area (TPSA) is 59.6 Å². The van der Waals surface area contributed by atoms with Crippen LogP contribution in [0, 0.1) is 0 Å². The van der Waals surface area contributed by atoms with Gasteiger partial charge in [0.05, 0.1) is 6.61 Å². The second-order valence-electron chi connectivity index (χ2n) is 7.10. The number of hydrogen-bond acceptors (Lipinski definition) is 4. The molecule has 0 bridgehead atoms. The molecule has 0 fully saturated rings. The van der Waals surface area contributed by atoms with Gasteiger partial charge in [0.1, 0.15) is 12.4 Å². The molecule has 0 radical (unpaired) electrons. The van der Waals surface area contributed by atoms with Crippen molar-refractivity contribution in [1.29, 1.82) is 0 Å². The van der Waals surface area contributed by atoms with Crippen molar-refractivity contribution >= 4 is 28.9 Å². The molecule has 2 aromatic carbocycles. The van der Waals surface area contributed by atoms with Crippen LogP contribution in [0.15, 0.2) is 48.5 Å². The Kier molecular flexibility index (Phi) is 7.33. The third kappa shape index (κ3) is 6.66. The van der Waals surface area contributed by atoms with E-state index in [1.165, 1.54) is 5.56 Å². The highest BCUT2D eigenvalue weighted by atomic mass is 32.1. The summed E-state index contributed by atoms with van der Waals surface area (Å²) in [5.74, 6) is 0.499. The fourth-order valence-corrected chi connectivity index (χ4v) is 2.55. The van der Waals surface area contributed by atoms with Gasteiger partial charge < -0.3 is 14.8 Å². The van der Waals surface area contributed by atoms with Crippen molar-refractivity contribution in [3.05, 3.63) is 59.7 Å². The number of hydrogen-bond donors (Lipinski definition) is 2. The number of ether oxygens (including phenoxy) is 2. The summed E-state index contributed by atoms with van der Waals surface area (Å²) in [7, 11) is 1.63. The largest absolute Gasteiger partial charge is 0.491 e. The molecule has 0 unspecified atom stereocenters. The fourth-order valence-electron chi connectivity index (χ4n) is 2.34. The van der Waals surface area contributed by atoms with Crippen LogP contribution in [0.3, 0.4) is 0 Å². The van der Waals surface area contributed by atoms with Crippen molar-refractivity contribution in [1.82, 2.24) is 5.32 Å². The van der Waals surface area contributed by atoms with Gasteiger partial charge in [-0.25, -0.2) is 0 Å². The number of methoxy groups -OCH3 is 1. The lowest BCUT2D eigenvalue weighted by molar-refractivity contribution is 0.0977. The van der Waals surface area contributed by atoms with E-state index in [-0.39, 0.29) is 16.4 Å². The number of carbonyl (C=O) groups excluding carboxylic acids is 1. The smallest absolute Gasteiger partial charge is 0.257 e. The molecule has 0 saturated carbocycles. The highest BCUT2D eigenvalue weighted by Crippen LogP contribution is 2.22. The normalized spacial score (nSPS) is 11.0. The summed E-state index contributed by atoms with van der Waals surface area (Å²) < 4.78 is 10.4. The lowest BCUT2D eigenvalue weighted by Crippen LogP contribution is -2.34. The molecule has 5 nitrogen and oxygen atoms in total. The molecule has 6 heteroatoms. The summed E-state index contributed by atoms with van der Waals surface area (Å²) >= 11 is 5.23. The molecule has 0 saturated heterocycles. The molecule has 0 aliphatic heterocycles. The molecule has 2 aromatic rings. The summed E-state index contributed by atoms with van der Waals surface area (Å²) in [5, 5.41) is 5.93. The number of nitrogens with one attached hydrogen (secondary N) is 2. The lowest BCUT2D eigenvalue weighted by atomic mass is 9.87. The summed E-state index contributed by atoms with van der Waals surface area (Å²) in [5.41, 5.74) is 2.55. The van der Waals surface area contributed by atoms with Crippen LogP contribution in [0.5, 0.6) is 5.75 Å². The number of benzene rings is 2. The Morgan fingerprint density at radius 2 is 1.63 bits per heavy atom. The van der Waals surface area contributed by atoms with E-state index in [4.69, 9.17) is 21.7 Å². The summed E-state index contributed by atoms with van der Waals surface area (Å²) in [4.78, 5) is 12.3. The van der Waals surface area contributed by atoms with Gasteiger partial charge in [-0.1, -0.05) is 32.9 Å². The summed E-state index contributed by atoms with van der Waals surface area (Å²) in [6, 6.07) is 14.9. The van der Waals surface area contributed by atoms with Crippen molar-refractivity contribution in [2.45, 2.75) is 26.2 Å². The van der Waals surface area contributed by atoms with Gasteiger partial charge in [-0.2, -0.15) is 0 Å². The molecule has 0 spiro atoms. The predicted octanol–water partition coefficient (Wildman–Crippen LogP) is 4.14. The first-order valence-electron chi connectivity index (χ1n) is 8.74. The van der Waals surface area contributed by atoms with Crippen molar-refractivity contribution in [2.24, 2.45) is 0 Å². The maximum absolute atomic E-state index is 12.3. The predicted molar refractivity (Wildman–Crippen MR) is 113 cm³/mol. The Bertz CT molecular complexity index is 766. The first-order chi connectivity index (χ1) is 12.8. The van der Waals surface area contributed by atoms with E-state index in [0.717, 1.165) is 11.4 Å². The van der Waals surface area contributed by atoms with E-state index in [1.807, 2.05) is 48.5 Å². The highest BCUT2D eigenvalue weighted by molar-refractivity contribution is 7.80. The van der Waals surface area contributed by atoms with Gasteiger partial charge in [-0.05, 0) is 59.6 Å². The van der Waals surface area contributed by atoms with Crippen LogP contribution in [0.4, 0.5) is 5.69 Å². The lowest BCUT2D eigenvalue weighted by Gasteiger charge is -2.19. The Balaban J connectivity index is 1.88. The third-order valence-electron chi connectivity index (χ3n) is 3.91. The van der Waals surface area contributed by atoms with Gasteiger partial charge in [0.2, 0.25) is 0 Å². The summed E-state index contributed by atoms with van der Waals surface area (Å²) in [6.07, 6.45) is 0. The molecule has 144 valence electrons. The van der Waals surface area contributed by atoms with Crippen LogP contribution in [0.2, 0.25) is 0 Å². The standard InChI is InChI=1S/C21H26N2O3S/c1-21(2,3)16-7-5-15(6-8-16)19(24)23-20(27)22-17-9-11-18(12-10-17)26-14-13-25-4/h5-12H,13-14H2,1-4H3,(H2,22,23,24,27). The average Bonchev–Trinajstić information content (AvgIpc) is 2.62. The number of carbonyl (C=O) groups is 1. The molecule has 2 N–H and O–H groups in total. The van der Waals surface area contributed by atoms with Crippen LogP contribution >= 0.6 is 12.2 Å². The van der Waals surface area contributed by atoms with Crippen LogP contribution in [-0.2, 0) is 10.2 Å². The van der Waals surface area contributed by atoms with Crippen LogP contribution in [-0.4, -0.2) is 31.3 Å². The van der Waals surface area contributed by atoms with Gasteiger partial charge >= 0.3 is 0 Å². The molecule has 0 aliphatic rings. The van der Waals surface area contributed by atoms with Crippen LogP contribution in [0.25, 0.3) is 0 Å². The SMILES string of the molecule is COCCOc1ccc(NC(=S)NC(=O)c2ccc(C(C)(C)C)cc2)cc1. The zero-order valence-corrected chi connectivity index (χ0v) is 17.0. The van der Waals surface area contributed by atoms with Gasteiger partial charge in [0.15, 0.2) is 5.11 Å². The molecule has 2 rings (SSSR count). The molecular weight excluding hydrogens is 360 g/mol. The van der Waals surface area contributed by atoms with Crippen LogP contribution < -0.4 is 15.4 Å². The first-order valence-corrected chi connectivity index (χ1v) is 9.15. The molecule has 27 heavy (non-hydrogen) atoms. The minimum absolute atomic E-state index is 0.0469. The molecule has 0 aromatic heterocycles.